The summed E-state index contributed by atoms with van der Waals surface area (Å²) < 4.78 is 15.4. The Labute approximate surface area is 158 Å². The fourth-order valence-corrected chi connectivity index (χ4v) is 5.67. The van der Waals surface area contributed by atoms with Crippen molar-refractivity contribution >= 4 is 31.9 Å². The van der Waals surface area contributed by atoms with Gasteiger partial charge in [-0.25, -0.2) is 0 Å². The maximum Gasteiger partial charge on any atom is 0.257 e. The number of para-hydroxylation sites is 2. The number of benzene rings is 2. The van der Waals surface area contributed by atoms with Crippen LogP contribution in [-0.4, -0.2) is 5.79 Å². The molecule has 0 amide bonds. The average Bonchev–Trinajstić information content (AvgIpc) is 2.58. The summed E-state index contributed by atoms with van der Waals surface area (Å²) in [7, 11) is 0. The first-order chi connectivity index (χ1) is 11.7. The third kappa shape index (κ3) is 2.12. The number of ether oxygens (including phenoxy) is 2. The average molecular weight is 450 g/mol. The summed E-state index contributed by atoms with van der Waals surface area (Å²) >= 11 is 7.34. The van der Waals surface area contributed by atoms with Crippen molar-refractivity contribution in [1.29, 1.82) is 0 Å². The van der Waals surface area contributed by atoms with Crippen molar-refractivity contribution in [3.8, 4) is 11.5 Å². The molecule has 2 aromatic carbocycles. The molecule has 5 rings (SSSR count). The van der Waals surface area contributed by atoms with Gasteiger partial charge in [-0.3, -0.25) is 0 Å². The van der Waals surface area contributed by atoms with E-state index in [1.54, 1.807) is 0 Å². The van der Waals surface area contributed by atoms with Crippen molar-refractivity contribution in [2.75, 3.05) is 0 Å². The van der Waals surface area contributed by atoms with Crippen LogP contribution in [0.2, 0.25) is 0 Å². The maximum absolute atomic E-state index is 6.68. The maximum atomic E-state index is 6.68. The molecule has 2 nitrogen and oxygen atoms in total. The van der Waals surface area contributed by atoms with Crippen LogP contribution in [0, 0.1) is 11.8 Å². The van der Waals surface area contributed by atoms with E-state index in [2.05, 4.69) is 68.3 Å². The standard InChI is InChI=1S/C20H18Br2O2/c21-16-8-1-4-12-10-14-6-3-7-15-11-13-5-2-9-17(22)19(13)24-20(14,15)23-18(12)16/h1-2,4-5,8-9,14-15H,3,6-7,10-11H2/t14-,15-,20?/m1/s1. The Morgan fingerprint density at radius 3 is 1.79 bits per heavy atom. The molecular formula is C20H18Br2O2. The number of halogens is 2. The van der Waals surface area contributed by atoms with E-state index in [9.17, 15) is 0 Å². The van der Waals surface area contributed by atoms with E-state index >= 15 is 0 Å². The van der Waals surface area contributed by atoms with Crippen LogP contribution in [0.15, 0.2) is 45.3 Å². The van der Waals surface area contributed by atoms with E-state index in [1.807, 2.05) is 0 Å². The molecule has 1 fully saturated rings. The number of hydrogen-bond donors (Lipinski definition) is 0. The summed E-state index contributed by atoms with van der Waals surface area (Å²) in [5.41, 5.74) is 2.59. The van der Waals surface area contributed by atoms with E-state index in [0.29, 0.717) is 11.8 Å². The Kier molecular flexibility index (Phi) is 3.50. The van der Waals surface area contributed by atoms with Crippen LogP contribution in [-0.2, 0) is 12.8 Å². The summed E-state index contributed by atoms with van der Waals surface area (Å²) in [6.45, 7) is 0. The van der Waals surface area contributed by atoms with Gasteiger partial charge >= 0.3 is 0 Å². The smallest absolute Gasteiger partial charge is 0.257 e. The molecule has 4 heteroatoms. The van der Waals surface area contributed by atoms with Crippen molar-refractivity contribution < 1.29 is 9.47 Å². The number of rotatable bonds is 0. The number of hydrogen-bond acceptors (Lipinski definition) is 2. The van der Waals surface area contributed by atoms with Crippen LogP contribution < -0.4 is 9.47 Å². The predicted octanol–water partition coefficient (Wildman–Crippen LogP) is 5.89. The van der Waals surface area contributed by atoms with Gasteiger partial charge in [0.25, 0.3) is 5.79 Å². The minimum absolute atomic E-state index is 0.415. The fraction of sp³-hybridized carbons (Fsp3) is 0.400. The van der Waals surface area contributed by atoms with Gasteiger partial charge in [-0.2, -0.15) is 0 Å². The van der Waals surface area contributed by atoms with Crippen LogP contribution in [0.3, 0.4) is 0 Å². The molecule has 2 aliphatic heterocycles. The highest BCUT2D eigenvalue weighted by molar-refractivity contribution is 9.10. The Bertz CT molecular complexity index is 750. The van der Waals surface area contributed by atoms with Gasteiger partial charge in [-0.05, 0) is 80.8 Å². The van der Waals surface area contributed by atoms with Gasteiger partial charge in [0.05, 0.1) is 8.95 Å². The Balaban J connectivity index is 1.65. The molecule has 0 saturated heterocycles. The van der Waals surface area contributed by atoms with E-state index in [0.717, 1.165) is 33.3 Å². The summed E-state index contributed by atoms with van der Waals surface area (Å²) in [4.78, 5) is 0. The Morgan fingerprint density at radius 1 is 0.792 bits per heavy atom. The molecule has 24 heavy (non-hydrogen) atoms. The van der Waals surface area contributed by atoms with Crippen LogP contribution >= 0.6 is 31.9 Å². The molecule has 0 radical (unpaired) electrons. The van der Waals surface area contributed by atoms with Gasteiger partial charge in [-0.15, -0.1) is 0 Å². The second-order valence-corrected chi connectivity index (χ2v) is 8.82. The SMILES string of the molecule is Brc1cccc2c1OC13Oc4c(Br)cccc4C[C@H]1CCC[C@@H]3C2. The van der Waals surface area contributed by atoms with Crippen molar-refractivity contribution in [2.45, 2.75) is 37.9 Å². The predicted molar refractivity (Wildman–Crippen MR) is 101 cm³/mol. The van der Waals surface area contributed by atoms with Gasteiger partial charge in [0, 0.05) is 11.8 Å². The largest absolute Gasteiger partial charge is 0.450 e. The van der Waals surface area contributed by atoms with E-state index in [1.165, 1.54) is 30.4 Å². The third-order valence-corrected chi connectivity index (χ3v) is 7.04. The molecule has 2 atom stereocenters. The first-order valence-corrected chi connectivity index (χ1v) is 10.2. The van der Waals surface area contributed by atoms with Crippen LogP contribution in [0.4, 0.5) is 0 Å². The fourth-order valence-electron chi connectivity index (χ4n) is 4.70. The zero-order valence-corrected chi connectivity index (χ0v) is 16.4. The molecule has 3 aliphatic rings. The topological polar surface area (TPSA) is 18.5 Å². The summed E-state index contributed by atoms with van der Waals surface area (Å²) in [6, 6.07) is 12.7. The molecule has 124 valence electrons. The van der Waals surface area contributed by atoms with E-state index < -0.39 is 5.79 Å². The lowest BCUT2D eigenvalue weighted by Crippen LogP contribution is -2.61. The highest BCUT2D eigenvalue weighted by Crippen LogP contribution is 2.54. The van der Waals surface area contributed by atoms with Crippen molar-refractivity contribution in [1.82, 2.24) is 0 Å². The lowest BCUT2D eigenvalue weighted by atomic mass is 9.68. The third-order valence-electron chi connectivity index (χ3n) is 5.80. The first kappa shape index (κ1) is 15.3. The van der Waals surface area contributed by atoms with Crippen LogP contribution in [0.25, 0.3) is 0 Å². The lowest BCUT2D eigenvalue weighted by molar-refractivity contribution is -0.226. The minimum atomic E-state index is -0.522. The second kappa shape index (κ2) is 5.50. The molecule has 1 saturated carbocycles. The quantitative estimate of drug-likeness (QED) is 0.498. The molecule has 2 aromatic rings. The molecule has 1 aliphatic carbocycles. The summed E-state index contributed by atoms with van der Waals surface area (Å²) in [5, 5.41) is 0. The van der Waals surface area contributed by atoms with Crippen molar-refractivity contribution in [3.63, 3.8) is 0 Å². The molecule has 2 heterocycles. The molecule has 0 N–H and O–H groups in total. The van der Waals surface area contributed by atoms with Gasteiger partial charge in [0.1, 0.15) is 11.5 Å². The highest BCUT2D eigenvalue weighted by Gasteiger charge is 2.57. The van der Waals surface area contributed by atoms with Crippen LogP contribution in [0.1, 0.15) is 30.4 Å². The Morgan fingerprint density at radius 2 is 1.29 bits per heavy atom. The monoisotopic (exact) mass is 448 g/mol. The zero-order valence-electron chi connectivity index (χ0n) is 13.2. The molecule has 0 aromatic heterocycles. The highest BCUT2D eigenvalue weighted by atomic mass is 79.9. The van der Waals surface area contributed by atoms with Crippen molar-refractivity contribution in [3.05, 3.63) is 56.5 Å². The van der Waals surface area contributed by atoms with Gasteiger partial charge < -0.3 is 9.47 Å². The summed E-state index contributed by atoms with van der Waals surface area (Å²) in [6.07, 6.45) is 5.66. The van der Waals surface area contributed by atoms with Crippen molar-refractivity contribution in [2.24, 2.45) is 11.8 Å². The number of fused-ring (bicyclic) bond motifs is 2. The van der Waals surface area contributed by atoms with Crippen LogP contribution in [0.5, 0.6) is 11.5 Å². The summed E-state index contributed by atoms with van der Waals surface area (Å²) in [5.74, 6) is 2.25. The molecule has 0 bridgehead atoms. The lowest BCUT2D eigenvalue weighted by Gasteiger charge is -2.53. The normalized spacial score (nSPS) is 30.1. The molecular weight excluding hydrogens is 432 g/mol. The first-order valence-electron chi connectivity index (χ1n) is 8.60. The minimum Gasteiger partial charge on any atom is -0.450 e. The molecule has 0 unspecified atom stereocenters. The van der Waals surface area contributed by atoms with Gasteiger partial charge in [0.15, 0.2) is 0 Å². The van der Waals surface area contributed by atoms with Gasteiger partial charge in [-0.1, -0.05) is 30.7 Å². The zero-order chi connectivity index (χ0) is 16.3. The molecule has 1 spiro atoms. The van der Waals surface area contributed by atoms with E-state index in [4.69, 9.17) is 9.47 Å². The Hall–Kier alpha value is -1.00. The van der Waals surface area contributed by atoms with E-state index in [-0.39, 0.29) is 0 Å². The second-order valence-electron chi connectivity index (χ2n) is 7.11. The van der Waals surface area contributed by atoms with Gasteiger partial charge in [0.2, 0.25) is 0 Å².